The van der Waals surface area contributed by atoms with E-state index in [0.29, 0.717) is 20.6 Å². The number of hydrogen-bond acceptors (Lipinski definition) is 6. The predicted molar refractivity (Wildman–Crippen MR) is 114 cm³/mol. The predicted octanol–water partition coefficient (Wildman–Crippen LogP) is 4.16. The minimum absolute atomic E-state index is 0.132. The molecule has 1 N–H and O–H groups in total. The van der Waals surface area contributed by atoms with Crippen LogP contribution in [0.5, 0.6) is 0 Å². The summed E-state index contributed by atoms with van der Waals surface area (Å²) >= 11 is 2.67. The Hall–Kier alpha value is -2.49. The van der Waals surface area contributed by atoms with Gasteiger partial charge in [-0.15, -0.1) is 22.7 Å². The summed E-state index contributed by atoms with van der Waals surface area (Å²) in [6.45, 7) is 3.78. The zero-order valence-electron chi connectivity index (χ0n) is 15.2. The van der Waals surface area contributed by atoms with Crippen LogP contribution in [-0.2, 0) is 16.4 Å². The third-order valence-corrected chi connectivity index (χ3v) is 8.14. The molecule has 0 amide bonds. The number of anilines is 1. The molecule has 4 aromatic rings. The van der Waals surface area contributed by atoms with Crippen LogP contribution >= 0.6 is 22.7 Å². The summed E-state index contributed by atoms with van der Waals surface area (Å²) in [5.74, 6) is 0. The second kappa shape index (κ2) is 7.16. The Bertz CT molecular complexity index is 1320. The number of thiazole rings is 1. The van der Waals surface area contributed by atoms with Crippen molar-refractivity contribution in [2.24, 2.45) is 0 Å². The second-order valence-electron chi connectivity index (χ2n) is 6.23. The van der Waals surface area contributed by atoms with Gasteiger partial charge in [0, 0.05) is 27.7 Å². The quantitative estimate of drug-likeness (QED) is 0.515. The van der Waals surface area contributed by atoms with Gasteiger partial charge in [-0.2, -0.15) is 0 Å². The fraction of sp³-hybridized carbons (Fsp3) is 0.158. The van der Waals surface area contributed by atoms with Crippen LogP contribution in [0, 0.1) is 6.92 Å². The molecule has 0 atom stereocenters. The van der Waals surface area contributed by atoms with Crippen LogP contribution in [0.15, 0.2) is 56.8 Å². The van der Waals surface area contributed by atoms with Crippen molar-refractivity contribution in [3.05, 3.63) is 68.8 Å². The Morgan fingerprint density at radius 2 is 1.89 bits per heavy atom. The first kappa shape index (κ1) is 18.9. The molecular formula is C19H17N3O3S3. The molecule has 6 nitrogen and oxygen atoms in total. The van der Waals surface area contributed by atoms with E-state index in [4.69, 9.17) is 0 Å². The van der Waals surface area contributed by atoms with Crippen LogP contribution in [0.3, 0.4) is 0 Å². The molecular weight excluding hydrogens is 414 g/mol. The average Bonchev–Trinajstić information content (AvgIpc) is 3.29. The Balaban J connectivity index is 1.64. The third-order valence-electron chi connectivity index (χ3n) is 4.22. The van der Waals surface area contributed by atoms with Crippen LogP contribution in [0.1, 0.15) is 17.5 Å². The van der Waals surface area contributed by atoms with Gasteiger partial charge in [0.15, 0.2) is 4.96 Å². The van der Waals surface area contributed by atoms with Crippen molar-refractivity contribution in [2.45, 2.75) is 24.5 Å². The molecule has 0 bridgehead atoms. The SMILES string of the molecule is CCc1ccc(S(=O)(=O)Nc2ccc(-c3csc4nc(C)cc(=O)n34)cc2)s1. The van der Waals surface area contributed by atoms with Crippen LogP contribution in [0.4, 0.5) is 5.69 Å². The van der Waals surface area contributed by atoms with Gasteiger partial charge in [-0.1, -0.05) is 19.1 Å². The number of benzene rings is 1. The summed E-state index contributed by atoms with van der Waals surface area (Å²) in [6.07, 6.45) is 0.803. The van der Waals surface area contributed by atoms with Gasteiger partial charge in [-0.3, -0.25) is 13.9 Å². The lowest BCUT2D eigenvalue weighted by atomic mass is 10.1. The van der Waals surface area contributed by atoms with Gasteiger partial charge in [0.25, 0.3) is 15.6 Å². The topological polar surface area (TPSA) is 80.5 Å². The second-order valence-corrected chi connectivity index (χ2v) is 10.1. The molecule has 28 heavy (non-hydrogen) atoms. The molecule has 0 aliphatic rings. The lowest BCUT2D eigenvalue weighted by Crippen LogP contribution is -2.14. The van der Waals surface area contributed by atoms with Gasteiger partial charge < -0.3 is 0 Å². The summed E-state index contributed by atoms with van der Waals surface area (Å²) in [5.41, 5.74) is 2.57. The van der Waals surface area contributed by atoms with Gasteiger partial charge in [0.05, 0.1) is 5.69 Å². The van der Waals surface area contributed by atoms with Gasteiger partial charge in [0.2, 0.25) is 0 Å². The normalized spacial score (nSPS) is 11.8. The van der Waals surface area contributed by atoms with E-state index in [2.05, 4.69) is 9.71 Å². The van der Waals surface area contributed by atoms with Gasteiger partial charge in [0.1, 0.15) is 4.21 Å². The standard InChI is InChI=1S/C19H17N3O3S3/c1-3-15-8-9-18(27-15)28(24,25)21-14-6-4-13(5-7-14)16-11-26-19-20-12(2)10-17(23)22(16)19/h4-11,21H,3H2,1-2H3. The molecule has 1 aromatic carbocycles. The van der Waals surface area contributed by atoms with E-state index < -0.39 is 10.0 Å². The number of hydrogen-bond donors (Lipinski definition) is 1. The molecule has 0 unspecified atom stereocenters. The Morgan fingerprint density at radius 1 is 1.14 bits per heavy atom. The summed E-state index contributed by atoms with van der Waals surface area (Å²) in [6, 6.07) is 11.9. The Morgan fingerprint density at radius 3 is 2.57 bits per heavy atom. The zero-order chi connectivity index (χ0) is 19.9. The highest BCUT2D eigenvalue weighted by Gasteiger charge is 2.17. The van der Waals surface area contributed by atoms with E-state index in [1.807, 2.05) is 18.4 Å². The minimum Gasteiger partial charge on any atom is -0.279 e. The molecule has 144 valence electrons. The van der Waals surface area contributed by atoms with Crippen molar-refractivity contribution < 1.29 is 8.42 Å². The molecule has 0 saturated heterocycles. The lowest BCUT2D eigenvalue weighted by molar-refractivity contribution is 0.603. The number of nitrogens with one attached hydrogen (secondary N) is 1. The van der Waals surface area contributed by atoms with Gasteiger partial charge in [-0.05, 0) is 43.2 Å². The van der Waals surface area contributed by atoms with Crippen molar-refractivity contribution in [2.75, 3.05) is 4.72 Å². The van der Waals surface area contributed by atoms with E-state index in [1.165, 1.54) is 28.7 Å². The highest BCUT2D eigenvalue weighted by atomic mass is 32.2. The molecule has 0 aliphatic carbocycles. The molecule has 0 fully saturated rings. The molecule has 9 heteroatoms. The zero-order valence-corrected chi connectivity index (χ0v) is 17.6. The molecule has 0 radical (unpaired) electrons. The Kier molecular flexibility index (Phi) is 4.82. The highest BCUT2D eigenvalue weighted by molar-refractivity contribution is 7.94. The van der Waals surface area contributed by atoms with Crippen LogP contribution in [-0.4, -0.2) is 17.8 Å². The number of rotatable bonds is 5. The van der Waals surface area contributed by atoms with Gasteiger partial charge >= 0.3 is 0 Å². The largest absolute Gasteiger partial charge is 0.279 e. The summed E-state index contributed by atoms with van der Waals surface area (Å²) in [7, 11) is -3.61. The van der Waals surface area contributed by atoms with E-state index in [1.54, 1.807) is 41.7 Å². The average molecular weight is 432 g/mol. The summed E-state index contributed by atoms with van der Waals surface area (Å²) in [5, 5.41) is 1.88. The van der Waals surface area contributed by atoms with E-state index in [0.717, 1.165) is 22.6 Å². The van der Waals surface area contributed by atoms with Crippen LogP contribution in [0.2, 0.25) is 0 Å². The number of nitrogens with zero attached hydrogens (tertiary/aromatic N) is 2. The minimum atomic E-state index is -3.61. The molecule has 0 spiro atoms. The first-order chi connectivity index (χ1) is 13.4. The van der Waals surface area contributed by atoms with Crippen molar-refractivity contribution >= 4 is 43.3 Å². The summed E-state index contributed by atoms with van der Waals surface area (Å²) in [4.78, 5) is 18.4. The molecule has 0 saturated carbocycles. The maximum atomic E-state index is 12.5. The van der Waals surface area contributed by atoms with Crippen molar-refractivity contribution in [1.29, 1.82) is 0 Å². The lowest BCUT2D eigenvalue weighted by Gasteiger charge is -2.07. The number of fused-ring (bicyclic) bond motifs is 1. The highest BCUT2D eigenvalue weighted by Crippen LogP contribution is 2.27. The molecule has 4 rings (SSSR count). The summed E-state index contributed by atoms with van der Waals surface area (Å²) < 4.78 is 29.6. The van der Waals surface area contributed by atoms with Crippen molar-refractivity contribution in [3.8, 4) is 11.3 Å². The number of aromatic nitrogens is 2. The van der Waals surface area contributed by atoms with E-state index in [-0.39, 0.29) is 5.56 Å². The fourth-order valence-electron chi connectivity index (χ4n) is 2.84. The first-order valence-electron chi connectivity index (χ1n) is 8.57. The van der Waals surface area contributed by atoms with Crippen molar-refractivity contribution in [1.82, 2.24) is 9.38 Å². The smallest absolute Gasteiger partial charge is 0.271 e. The van der Waals surface area contributed by atoms with E-state index in [9.17, 15) is 13.2 Å². The maximum absolute atomic E-state index is 12.5. The van der Waals surface area contributed by atoms with Crippen LogP contribution in [0.25, 0.3) is 16.2 Å². The molecule has 0 aliphatic heterocycles. The van der Waals surface area contributed by atoms with Gasteiger partial charge in [-0.25, -0.2) is 13.4 Å². The Labute approximate surface area is 170 Å². The molecule has 3 aromatic heterocycles. The third kappa shape index (κ3) is 3.48. The number of thiophene rings is 1. The number of aryl methyl sites for hydroxylation is 2. The van der Waals surface area contributed by atoms with Crippen molar-refractivity contribution in [3.63, 3.8) is 0 Å². The number of sulfonamides is 1. The fourth-order valence-corrected chi connectivity index (χ4v) is 6.14. The monoisotopic (exact) mass is 431 g/mol. The maximum Gasteiger partial charge on any atom is 0.271 e. The van der Waals surface area contributed by atoms with Crippen LogP contribution < -0.4 is 10.3 Å². The first-order valence-corrected chi connectivity index (χ1v) is 11.7. The molecule has 3 heterocycles. The van der Waals surface area contributed by atoms with E-state index >= 15 is 0 Å².